The molecule has 116 valence electrons. The fourth-order valence-corrected chi connectivity index (χ4v) is 5.04. The van der Waals surface area contributed by atoms with E-state index in [2.05, 4.69) is 4.90 Å². The Hall–Kier alpha value is -0.0800. The molecule has 1 aliphatic heterocycles. The van der Waals surface area contributed by atoms with Crippen molar-refractivity contribution >= 4 is 0 Å². The molecule has 1 unspecified atom stereocenters. The number of nitrogens with two attached hydrogens (primary N) is 1. The van der Waals surface area contributed by atoms with Gasteiger partial charge in [0.05, 0.1) is 0 Å². The molecule has 0 spiro atoms. The smallest absolute Gasteiger partial charge is 0.00793 e. The van der Waals surface area contributed by atoms with Crippen LogP contribution in [0, 0.1) is 17.8 Å². The molecule has 0 aromatic rings. The Labute approximate surface area is 125 Å². The van der Waals surface area contributed by atoms with Gasteiger partial charge >= 0.3 is 0 Å². The zero-order valence-electron chi connectivity index (χ0n) is 13.2. The zero-order chi connectivity index (χ0) is 13.8. The zero-order valence-corrected chi connectivity index (χ0v) is 13.2. The molecule has 1 heterocycles. The van der Waals surface area contributed by atoms with Crippen LogP contribution >= 0.6 is 0 Å². The van der Waals surface area contributed by atoms with Crippen LogP contribution in [0.4, 0.5) is 0 Å². The molecule has 3 fully saturated rings. The first-order valence-electron chi connectivity index (χ1n) is 9.31. The largest absolute Gasteiger partial charge is 0.327 e. The number of likely N-dealkylation sites (tertiary alicyclic amines) is 1. The first kappa shape index (κ1) is 14.8. The van der Waals surface area contributed by atoms with Gasteiger partial charge in [0.1, 0.15) is 0 Å². The van der Waals surface area contributed by atoms with Crippen LogP contribution in [-0.2, 0) is 0 Å². The molecule has 2 saturated carbocycles. The summed E-state index contributed by atoms with van der Waals surface area (Å²) in [4.78, 5) is 2.78. The minimum absolute atomic E-state index is 0.485. The maximum absolute atomic E-state index is 6.35. The van der Waals surface area contributed by atoms with Gasteiger partial charge < -0.3 is 10.6 Å². The van der Waals surface area contributed by atoms with Gasteiger partial charge in [-0.05, 0) is 50.0 Å². The highest BCUT2D eigenvalue weighted by atomic mass is 15.1. The Morgan fingerprint density at radius 2 is 1.45 bits per heavy atom. The topological polar surface area (TPSA) is 29.3 Å². The molecule has 0 bridgehead atoms. The third-order valence-electron chi connectivity index (χ3n) is 6.32. The van der Waals surface area contributed by atoms with Crippen molar-refractivity contribution in [1.29, 1.82) is 0 Å². The average molecular weight is 278 g/mol. The fraction of sp³-hybridized carbons (Fsp3) is 1.00. The van der Waals surface area contributed by atoms with E-state index < -0.39 is 0 Å². The van der Waals surface area contributed by atoms with E-state index >= 15 is 0 Å². The van der Waals surface area contributed by atoms with Crippen molar-refractivity contribution < 1.29 is 0 Å². The minimum atomic E-state index is 0.485. The van der Waals surface area contributed by atoms with Gasteiger partial charge in [0, 0.05) is 19.1 Å². The van der Waals surface area contributed by atoms with Gasteiger partial charge in [-0.25, -0.2) is 0 Å². The summed E-state index contributed by atoms with van der Waals surface area (Å²) in [5.74, 6) is 2.84. The number of hydrogen-bond donors (Lipinski definition) is 1. The number of hydrogen-bond acceptors (Lipinski definition) is 2. The molecular formula is C18H34N2. The summed E-state index contributed by atoms with van der Waals surface area (Å²) < 4.78 is 0. The van der Waals surface area contributed by atoms with Gasteiger partial charge in [0.25, 0.3) is 0 Å². The predicted octanol–water partition coefficient (Wildman–Crippen LogP) is 3.80. The maximum atomic E-state index is 6.35. The molecular weight excluding hydrogens is 244 g/mol. The fourth-order valence-electron chi connectivity index (χ4n) is 5.04. The molecule has 0 radical (unpaired) electrons. The summed E-state index contributed by atoms with van der Waals surface area (Å²) in [7, 11) is 0. The predicted molar refractivity (Wildman–Crippen MR) is 85.7 cm³/mol. The van der Waals surface area contributed by atoms with Crippen molar-refractivity contribution in [2.45, 2.75) is 76.7 Å². The van der Waals surface area contributed by atoms with Gasteiger partial charge in [-0.15, -0.1) is 0 Å². The van der Waals surface area contributed by atoms with E-state index in [1.807, 2.05) is 0 Å². The highest BCUT2D eigenvalue weighted by Crippen LogP contribution is 2.35. The summed E-state index contributed by atoms with van der Waals surface area (Å²) >= 11 is 0. The van der Waals surface area contributed by atoms with Crippen LogP contribution in [-0.4, -0.2) is 30.6 Å². The quantitative estimate of drug-likeness (QED) is 0.851. The molecule has 3 rings (SSSR count). The lowest BCUT2D eigenvalue weighted by Gasteiger charge is -2.41. The van der Waals surface area contributed by atoms with Crippen molar-refractivity contribution in [3.8, 4) is 0 Å². The second kappa shape index (κ2) is 7.26. The molecule has 2 nitrogen and oxygen atoms in total. The third kappa shape index (κ3) is 3.76. The van der Waals surface area contributed by atoms with Crippen LogP contribution in [0.3, 0.4) is 0 Å². The maximum Gasteiger partial charge on any atom is 0.00793 e. The second-order valence-electron chi connectivity index (χ2n) is 7.77. The van der Waals surface area contributed by atoms with Crippen molar-refractivity contribution in [3.63, 3.8) is 0 Å². The van der Waals surface area contributed by atoms with Gasteiger partial charge in [0.2, 0.25) is 0 Å². The normalized spacial score (nSPS) is 38.0. The summed E-state index contributed by atoms with van der Waals surface area (Å²) in [6.07, 6.45) is 15.9. The van der Waals surface area contributed by atoms with E-state index in [1.165, 1.54) is 90.3 Å². The van der Waals surface area contributed by atoms with Crippen molar-refractivity contribution in [1.82, 2.24) is 4.90 Å². The molecule has 20 heavy (non-hydrogen) atoms. The minimum Gasteiger partial charge on any atom is -0.327 e. The molecule has 0 aromatic carbocycles. The molecule has 3 atom stereocenters. The van der Waals surface area contributed by atoms with Crippen LogP contribution in [0.5, 0.6) is 0 Å². The monoisotopic (exact) mass is 278 g/mol. The van der Waals surface area contributed by atoms with E-state index in [-0.39, 0.29) is 0 Å². The molecule has 2 heteroatoms. The number of rotatable bonds is 3. The van der Waals surface area contributed by atoms with Gasteiger partial charge in [-0.1, -0.05) is 44.9 Å². The lowest BCUT2D eigenvalue weighted by molar-refractivity contribution is 0.0905. The Kier molecular flexibility index (Phi) is 5.39. The van der Waals surface area contributed by atoms with Crippen LogP contribution < -0.4 is 5.73 Å². The van der Waals surface area contributed by atoms with Gasteiger partial charge in [-0.3, -0.25) is 0 Å². The first-order chi connectivity index (χ1) is 9.83. The standard InChI is InChI=1S/C18H34N2/c19-18-11-5-4-9-17(18)14-20-12-6-10-16(13-20)15-7-2-1-3-8-15/h15-18H,1-14,19H2/t16?,17-,18+/m1/s1. The number of piperidine rings is 1. The SMILES string of the molecule is N[C@H]1CCCC[C@@H]1CN1CCCC(C2CCCCC2)C1. The Morgan fingerprint density at radius 1 is 0.750 bits per heavy atom. The molecule has 0 aromatic heterocycles. The summed E-state index contributed by atoms with van der Waals surface area (Å²) in [6.45, 7) is 4.02. The molecule has 2 aliphatic carbocycles. The highest BCUT2D eigenvalue weighted by Gasteiger charge is 2.30. The van der Waals surface area contributed by atoms with E-state index in [9.17, 15) is 0 Å². The molecule has 3 aliphatic rings. The molecule has 1 saturated heterocycles. The van der Waals surface area contributed by atoms with Crippen LogP contribution in [0.25, 0.3) is 0 Å². The summed E-state index contributed by atoms with van der Waals surface area (Å²) in [6, 6.07) is 0.485. The van der Waals surface area contributed by atoms with Gasteiger partial charge in [0.15, 0.2) is 0 Å². The summed E-state index contributed by atoms with van der Waals surface area (Å²) in [5.41, 5.74) is 6.35. The van der Waals surface area contributed by atoms with Crippen molar-refractivity contribution in [2.75, 3.05) is 19.6 Å². The lowest BCUT2D eigenvalue weighted by Crippen LogP contribution is -2.45. The third-order valence-corrected chi connectivity index (χ3v) is 6.32. The highest BCUT2D eigenvalue weighted by molar-refractivity contribution is 4.85. The lowest BCUT2D eigenvalue weighted by atomic mass is 9.76. The first-order valence-corrected chi connectivity index (χ1v) is 9.31. The van der Waals surface area contributed by atoms with Crippen LogP contribution in [0.15, 0.2) is 0 Å². The number of nitrogens with zero attached hydrogens (tertiary/aromatic N) is 1. The van der Waals surface area contributed by atoms with Crippen molar-refractivity contribution in [3.05, 3.63) is 0 Å². The van der Waals surface area contributed by atoms with E-state index in [0.29, 0.717) is 6.04 Å². The van der Waals surface area contributed by atoms with E-state index in [4.69, 9.17) is 5.73 Å². The van der Waals surface area contributed by atoms with Crippen LogP contribution in [0.2, 0.25) is 0 Å². The van der Waals surface area contributed by atoms with E-state index in [0.717, 1.165) is 17.8 Å². The Bertz CT molecular complexity index is 285. The van der Waals surface area contributed by atoms with Crippen LogP contribution in [0.1, 0.15) is 70.6 Å². The summed E-state index contributed by atoms with van der Waals surface area (Å²) in [5, 5.41) is 0. The average Bonchev–Trinajstić information content (AvgIpc) is 2.51. The van der Waals surface area contributed by atoms with Crippen molar-refractivity contribution in [2.24, 2.45) is 23.5 Å². The molecule has 2 N–H and O–H groups in total. The Morgan fingerprint density at radius 3 is 2.25 bits per heavy atom. The van der Waals surface area contributed by atoms with E-state index in [1.54, 1.807) is 0 Å². The Balaban J connectivity index is 1.49. The molecule has 0 amide bonds. The van der Waals surface area contributed by atoms with Gasteiger partial charge in [-0.2, -0.15) is 0 Å². The second-order valence-corrected chi connectivity index (χ2v) is 7.77.